The molecule has 6 heterocycles. The zero-order valence-electron chi connectivity index (χ0n) is 35.5. The van der Waals surface area contributed by atoms with Gasteiger partial charge >= 0.3 is 0 Å². The second-order valence-corrected chi connectivity index (χ2v) is 20.9. The van der Waals surface area contributed by atoms with Crippen molar-refractivity contribution < 1.29 is 9.47 Å². The summed E-state index contributed by atoms with van der Waals surface area (Å²) in [6.07, 6.45) is 3.77. The molecule has 0 radical (unpaired) electrons. The van der Waals surface area contributed by atoms with E-state index < -0.39 is 8.07 Å². The van der Waals surface area contributed by atoms with Crippen LogP contribution < -0.4 is 56.4 Å². The lowest BCUT2D eigenvalue weighted by Crippen LogP contribution is -2.79. The summed E-state index contributed by atoms with van der Waals surface area (Å²) in [5.41, 5.74) is 13.9. The number of para-hydroxylation sites is 5. The van der Waals surface area contributed by atoms with E-state index in [1.54, 1.807) is 0 Å². The zero-order valence-corrected chi connectivity index (χ0v) is 36.5. The predicted molar refractivity (Wildman–Crippen MR) is 271 cm³/mol. The lowest BCUT2D eigenvalue weighted by Gasteiger charge is -2.50. The summed E-state index contributed by atoms with van der Waals surface area (Å²) in [6, 6.07) is 76.5. The molecule has 0 bridgehead atoms. The van der Waals surface area contributed by atoms with Crippen molar-refractivity contribution >= 4 is 86.0 Å². The number of nitrogens with zero attached hydrogens (tertiary/aromatic N) is 4. The highest BCUT2D eigenvalue weighted by atomic mass is 28.3. The Hall–Kier alpha value is -8.46. The van der Waals surface area contributed by atoms with Gasteiger partial charge in [0.05, 0.1) is 17.1 Å². The van der Waals surface area contributed by atoms with E-state index in [1.165, 1.54) is 32.1 Å². The highest BCUT2D eigenvalue weighted by molar-refractivity contribution is 7.23. The van der Waals surface area contributed by atoms with Crippen LogP contribution in [0.4, 0.5) is 34.1 Å². The third-order valence-corrected chi connectivity index (χ3v) is 18.7. The van der Waals surface area contributed by atoms with Gasteiger partial charge in [0.1, 0.15) is 23.0 Å². The maximum absolute atomic E-state index is 6.94. The average Bonchev–Trinajstić information content (AvgIpc) is 3.39. The molecular weight excluding hydrogens is 824 g/mol. The van der Waals surface area contributed by atoms with Crippen molar-refractivity contribution in [3.8, 4) is 45.5 Å². The molecule has 0 saturated heterocycles. The van der Waals surface area contributed by atoms with Gasteiger partial charge in [-0.15, -0.1) is 0 Å². The minimum absolute atomic E-state index is 0.0276. The number of fused-ring (bicyclic) bond motifs is 12. The van der Waals surface area contributed by atoms with Gasteiger partial charge in [-0.25, -0.2) is 0 Å². The SMILES string of the molecule is c1ccc(N2c3ccccc3[Si]3(c4ccccc42)c2cc(-c4ccccn4)ccc2N(c2cc4c5c(c2)Oc2ccccc2B5c2ccccc2O4)c2ccc(-c4ccccn4)cc23)cc1. The van der Waals surface area contributed by atoms with Crippen LogP contribution in [0.2, 0.25) is 0 Å². The third kappa shape index (κ3) is 5.24. The fourth-order valence-corrected chi connectivity index (χ4v) is 16.7. The number of benzene rings is 8. The Morgan fingerprint density at radius 1 is 0.364 bits per heavy atom. The second-order valence-electron chi connectivity index (χ2n) is 17.3. The van der Waals surface area contributed by atoms with Gasteiger partial charge in [0.2, 0.25) is 0 Å². The molecule has 0 unspecified atom stereocenters. The van der Waals surface area contributed by atoms with Gasteiger partial charge in [-0.05, 0) is 104 Å². The second kappa shape index (κ2) is 14.3. The number of hydrogen-bond acceptors (Lipinski definition) is 6. The van der Waals surface area contributed by atoms with Crippen LogP contribution in [0, 0.1) is 0 Å². The van der Waals surface area contributed by atoms with E-state index in [0.29, 0.717) is 0 Å². The highest BCUT2D eigenvalue weighted by Crippen LogP contribution is 2.47. The molecule has 0 N–H and O–H groups in total. The number of aromatic nitrogens is 2. The molecule has 6 nitrogen and oxygen atoms in total. The maximum atomic E-state index is 6.94. The molecule has 10 aromatic rings. The van der Waals surface area contributed by atoms with Crippen LogP contribution in [0.5, 0.6) is 23.0 Å². The first kappa shape index (κ1) is 37.0. The molecule has 14 rings (SSSR count). The highest BCUT2D eigenvalue weighted by Gasteiger charge is 2.54. The van der Waals surface area contributed by atoms with Gasteiger partial charge in [0.25, 0.3) is 6.71 Å². The molecule has 8 heteroatoms. The van der Waals surface area contributed by atoms with E-state index in [4.69, 9.17) is 19.4 Å². The van der Waals surface area contributed by atoms with Gasteiger partial charge < -0.3 is 19.3 Å². The van der Waals surface area contributed by atoms with Crippen LogP contribution in [0.15, 0.2) is 225 Å². The van der Waals surface area contributed by atoms with Crippen molar-refractivity contribution in [3.05, 3.63) is 225 Å². The lowest BCUT2D eigenvalue weighted by atomic mass is 9.35. The number of rotatable bonds is 4. The summed E-state index contributed by atoms with van der Waals surface area (Å²) in [6.45, 7) is -0.0276. The number of pyridine rings is 2. The summed E-state index contributed by atoms with van der Waals surface area (Å²) in [5, 5.41) is 5.17. The first-order chi connectivity index (χ1) is 32.7. The smallest absolute Gasteiger partial charge is 0.260 e. The van der Waals surface area contributed by atoms with Crippen molar-refractivity contribution in [2.75, 3.05) is 9.80 Å². The lowest BCUT2D eigenvalue weighted by molar-refractivity contribution is 0.465. The van der Waals surface area contributed by atoms with Crippen molar-refractivity contribution in [1.29, 1.82) is 0 Å². The molecule has 0 amide bonds. The Morgan fingerprint density at radius 2 is 0.818 bits per heavy atom. The van der Waals surface area contributed by atoms with E-state index in [0.717, 1.165) is 84.7 Å². The van der Waals surface area contributed by atoms with Gasteiger partial charge in [-0.3, -0.25) is 9.97 Å². The minimum atomic E-state index is -3.28. The minimum Gasteiger partial charge on any atom is -0.458 e. The van der Waals surface area contributed by atoms with E-state index in [-0.39, 0.29) is 6.71 Å². The Labute approximate surface area is 383 Å². The van der Waals surface area contributed by atoms with Crippen molar-refractivity contribution in [2.45, 2.75) is 0 Å². The largest absolute Gasteiger partial charge is 0.458 e. The molecule has 2 aromatic heterocycles. The number of ether oxygens (including phenoxy) is 2. The van der Waals surface area contributed by atoms with Gasteiger partial charge in [-0.1, -0.05) is 127 Å². The van der Waals surface area contributed by atoms with Gasteiger partial charge in [0, 0.05) is 69.6 Å². The Kier molecular flexibility index (Phi) is 8.00. The quantitative estimate of drug-likeness (QED) is 0.165. The van der Waals surface area contributed by atoms with E-state index in [1.807, 2.05) is 24.5 Å². The van der Waals surface area contributed by atoms with Crippen LogP contribution >= 0.6 is 0 Å². The first-order valence-corrected chi connectivity index (χ1v) is 24.4. The van der Waals surface area contributed by atoms with Crippen LogP contribution in [-0.4, -0.2) is 24.8 Å². The monoisotopic (exact) mass is 860 g/mol. The maximum Gasteiger partial charge on any atom is 0.260 e. The van der Waals surface area contributed by atoms with E-state index in [9.17, 15) is 0 Å². The molecule has 0 saturated carbocycles. The summed E-state index contributed by atoms with van der Waals surface area (Å²) < 4.78 is 13.9. The Morgan fingerprint density at radius 3 is 1.35 bits per heavy atom. The third-order valence-electron chi connectivity index (χ3n) is 13.9. The first-order valence-electron chi connectivity index (χ1n) is 22.4. The zero-order chi connectivity index (χ0) is 43.3. The topological polar surface area (TPSA) is 50.7 Å². The van der Waals surface area contributed by atoms with E-state index >= 15 is 0 Å². The molecule has 4 aliphatic rings. The summed E-state index contributed by atoms with van der Waals surface area (Å²) in [5.74, 6) is 3.31. The molecule has 1 spiro atoms. The molecule has 4 aliphatic heterocycles. The van der Waals surface area contributed by atoms with Crippen LogP contribution in [-0.2, 0) is 0 Å². The number of anilines is 6. The number of hydrogen-bond donors (Lipinski definition) is 0. The Balaban J connectivity index is 1.10. The predicted octanol–water partition coefficient (Wildman–Crippen LogP) is 9.48. The summed E-state index contributed by atoms with van der Waals surface area (Å²) >= 11 is 0. The van der Waals surface area contributed by atoms with Crippen molar-refractivity contribution in [1.82, 2.24) is 9.97 Å². The fourth-order valence-electron chi connectivity index (χ4n) is 11.2. The molecule has 0 atom stereocenters. The molecule has 8 aromatic carbocycles. The van der Waals surface area contributed by atoms with Gasteiger partial charge in [0.15, 0.2) is 8.07 Å². The fraction of sp³-hybridized carbons (Fsp3) is 0. The van der Waals surface area contributed by atoms with Crippen molar-refractivity contribution in [2.24, 2.45) is 0 Å². The van der Waals surface area contributed by atoms with Gasteiger partial charge in [-0.2, -0.15) is 0 Å². The molecule has 308 valence electrons. The average molecular weight is 861 g/mol. The van der Waals surface area contributed by atoms with Crippen LogP contribution in [0.25, 0.3) is 22.5 Å². The Bertz CT molecular complexity index is 3380. The normalized spacial score (nSPS) is 14.0. The summed E-state index contributed by atoms with van der Waals surface area (Å²) in [7, 11) is -3.28. The standard InChI is InChI=1S/C58H37BN4O2Si/c1-2-16-40(17-3-1)62-46-22-6-10-26-54(46)66(55-27-11-7-23-47(55)62)56-34-38(44-20-12-14-32-60-44)28-30-48(56)63(49-31-29-39(35-57(49)66)45-21-13-15-33-61-45)41-36-52-58-53(37-41)65-51-25-9-5-19-43(51)59(58)42-18-4-8-24-50(42)64-52/h1-37H. The molecule has 0 aliphatic carbocycles. The molecule has 66 heavy (non-hydrogen) atoms. The molecular formula is C58H37BN4O2Si. The van der Waals surface area contributed by atoms with Crippen LogP contribution in [0.1, 0.15) is 0 Å². The van der Waals surface area contributed by atoms with E-state index in [2.05, 4.69) is 210 Å². The summed E-state index contributed by atoms with van der Waals surface area (Å²) in [4.78, 5) is 14.7. The van der Waals surface area contributed by atoms with Crippen molar-refractivity contribution in [3.63, 3.8) is 0 Å². The van der Waals surface area contributed by atoms with Crippen LogP contribution in [0.3, 0.4) is 0 Å². The molecule has 0 fully saturated rings.